The third-order valence-corrected chi connectivity index (χ3v) is 6.82. The van der Waals surface area contributed by atoms with E-state index in [9.17, 15) is 24.1 Å². The first-order valence-electron chi connectivity index (χ1n) is 10.3. The highest BCUT2D eigenvalue weighted by atomic mass is 35.5. The van der Waals surface area contributed by atoms with Gasteiger partial charge in [0.25, 0.3) is 0 Å². The fourth-order valence-corrected chi connectivity index (χ4v) is 4.47. The summed E-state index contributed by atoms with van der Waals surface area (Å²) in [5, 5.41) is 38.8. The molecular formula is C22H23Cl2F2N3O5S. The maximum Gasteiger partial charge on any atom is 0.190 e. The highest BCUT2D eigenvalue weighted by Gasteiger charge is 2.28. The average Bonchev–Trinajstić information content (AvgIpc) is 3.27. The van der Waals surface area contributed by atoms with Gasteiger partial charge in [0.05, 0.1) is 42.6 Å². The molecule has 8 nitrogen and oxygen atoms in total. The monoisotopic (exact) mass is 549 g/mol. The Labute approximate surface area is 214 Å². The Kier molecular flexibility index (Phi) is 9.70. The summed E-state index contributed by atoms with van der Waals surface area (Å²) in [6.07, 6.45) is -1.78. The molecule has 2 unspecified atom stereocenters. The molecule has 0 aliphatic rings. The van der Waals surface area contributed by atoms with Crippen LogP contribution in [0.3, 0.4) is 0 Å². The van der Waals surface area contributed by atoms with Gasteiger partial charge >= 0.3 is 0 Å². The molecule has 0 aliphatic heterocycles. The number of hydrogen-bond donors (Lipinski definition) is 3. The number of thioether (sulfide) groups is 1. The molecule has 0 spiro atoms. The first-order chi connectivity index (χ1) is 16.6. The van der Waals surface area contributed by atoms with Gasteiger partial charge in [-0.2, -0.15) is 0 Å². The number of ether oxygens (including phenoxy) is 2. The third-order valence-electron chi connectivity index (χ3n) is 4.90. The fourth-order valence-electron chi connectivity index (χ4n) is 3.06. The molecule has 1 aromatic heterocycles. The van der Waals surface area contributed by atoms with Crippen molar-refractivity contribution < 1.29 is 33.6 Å². The number of aliphatic hydroxyl groups excluding tert-OH is 3. The van der Waals surface area contributed by atoms with Crippen molar-refractivity contribution in [3.05, 3.63) is 58.2 Å². The van der Waals surface area contributed by atoms with Crippen LogP contribution in [0, 0.1) is 11.6 Å². The van der Waals surface area contributed by atoms with Crippen LogP contribution in [0.1, 0.15) is 6.92 Å². The maximum atomic E-state index is 14.1. The lowest BCUT2D eigenvalue weighted by Crippen LogP contribution is -2.39. The molecule has 3 N–H and O–H groups in total. The van der Waals surface area contributed by atoms with E-state index in [2.05, 4.69) is 15.0 Å². The van der Waals surface area contributed by atoms with E-state index in [0.29, 0.717) is 14.9 Å². The minimum absolute atomic E-state index is 0.120. The Balaban J connectivity index is 1.80. The van der Waals surface area contributed by atoms with E-state index in [4.69, 9.17) is 27.9 Å². The van der Waals surface area contributed by atoms with Crippen LogP contribution in [-0.4, -0.2) is 67.8 Å². The number of aliphatic hydroxyl groups is 3. The van der Waals surface area contributed by atoms with Crippen LogP contribution in [0.25, 0.3) is 11.3 Å². The van der Waals surface area contributed by atoms with Crippen LogP contribution in [0.2, 0.25) is 10.0 Å². The third kappa shape index (κ3) is 7.04. The lowest BCUT2D eigenvalue weighted by Gasteiger charge is -2.28. The van der Waals surface area contributed by atoms with Crippen LogP contribution in [0.5, 0.6) is 5.75 Å². The first kappa shape index (κ1) is 27.6. The number of aromatic nitrogens is 3. The van der Waals surface area contributed by atoms with Crippen LogP contribution in [-0.2, 0) is 11.3 Å². The number of hydrogen-bond acceptors (Lipinski definition) is 8. The quantitative estimate of drug-likeness (QED) is 0.245. The molecule has 1 heterocycles. The molecular weight excluding hydrogens is 527 g/mol. The van der Waals surface area contributed by atoms with Crippen LogP contribution >= 0.6 is 35.0 Å². The molecule has 0 bridgehead atoms. The molecule has 0 amide bonds. The van der Waals surface area contributed by atoms with Gasteiger partial charge < -0.3 is 24.8 Å². The summed E-state index contributed by atoms with van der Waals surface area (Å²) in [5.74, 6) is -2.29. The molecule has 3 rings (SSSR count). The van der Waals surface area contributed by atoms with Crippen molar-refractivity contribution in [2.45, 2.75) is 42.1 Å². The van der Waals surface area contributed by atoms with E-state index < -0.39 is 47.7 Å². The SMILES string of the molecule is COc1c(F)cc(-c2cn(C[C@H](O)C(OC(CO)[C@@H](C)O)Sc3ccc(Cl)c(Cl)c3)nn2)cc1F. The minimum Gasteiger partial charge on any atom is -0.491 e. The molecule has 2 aromatic carbocycles. The van der Waals surface area contributed by atoms with Gasteiger partial charge in [-0.05, 0) is 37.3 Å². The van der Waals surface area contributed by atoms with Crippen molar-refractivity contribution in [3.63, 3.8) is 0 Å². The number of benzene rings is 2. The molecule has 0 saturated carbocycles. The van der Waals surface area contributed by atoms with Crippen molar-refractivity contribution in [1.29, 1.82) is 0 Å². The summed E-state index contributed by atoms with van der Waals surface area (Å²) in [5.41, 5.74) is -0.666. The first-order valence-corrected chi connectivity index (χ1v) is 11.9. The predicted octanol–water partition coefficient (Wildman–Crippen LogP) is 3.78. The minimum atomic E-state index is -1.21. The second kappa shape index (κ2) is 12.3. The van der Waals surface area contributed by atoms with Crippen molar-refractivity contribution in [3.8, 4) is 17.0 Å². The van der Waals surface area contributed by atoms with Crippen LogP contribution in [0.15, 0.2) is 41.4 Å². The van der Waals surface area contributed by atoms with Crippen LogP contribution < -0.4 is 4.74 Å². The zero-order valence-corrected chi connectivity index (χ0v) is 20.9. The van der Waals surface area contributed by atoms with E-state index in [1.54, 1.807) is 18.2 Å². The smallest absolute Gasteiger partial charge is 0.190 e. The Hall–Kier alpha value is -1.99. The fraction of sp³-hybridized carbons (Fsp3) is 0.364. The van der Waals surface area contributed by atoms with Crippen molar-refractivity contribution in [1.82, 2.24) is 15.0 Å². The lowest BCUT2D eigenvalue weighted by molar-refractivity contribution is -0.0972. The Bertz CT molecular complexity index is 1130. The van der Waals surface area contributed by atoms with Gasteiger partial charge in [0, 0.05) is 10.5 Å². The summed E-state index contributed by atoms with van der Waals surface area (Å²) in [6, 6.07) is 6.98. The van der Waals surface area contributed by atoms with E-state index >= 15 is 0 Å². The molecule has 0 fully saturated rings. The molecule has 190 valence electrons. The van der Waals surface area contributed by atoms with Gasteiger partial charge in [0.1, 0.15) is 23.3 Å². The molecule has 0 radical (unpaired) electrons. The number of methoxy groups -OCH3 is 1. The highest BCUT2D eigenvalue weighted by molar-refractivity contribution is 7.99. The molecule has 35 heavy (non-hydrogen) atoms. The molecule has 0 aliphatic carbocycles. The van der Waals surface area contributed by atoms with Gasteiger partial charge in [0.15, 0.2) is 17.4 Å². The maximum absolute atomic E-state index is 14.1. The van der Waals surface area contributed by atoms with Gasteiger partial charge in [0.2, 0.25) is 0 Å². The van der Waals surface area contributed by atoms with Gasteiger partial charge in [-0.3, -0.25) is 0 Å². The Morgan fingerprint density at radius 1 is 1.11 bits per heavy atom. The lowest BCUT2D eigenvalue weighted by atomic mass is 10.1. The van der Waals surface area contributed by atoms with E-state index in [1.807, 2.05) is 0 Å². The molecule has 3 aromatic rings. The number of halogens is 4. The highest BCUT2D eigenvalue weighted by Crippen LogP contribution is 2.33. The summed E-state index contributed by atoms with van der Waals surface area (Å²) in [4.78, 5) is 0.620. The summed E-state index contributed by atoms with van der Waals surface area (Å²) in [7, 11) is 1.16. The summed E-state index contributed by atoms with van der Waals surface area (Å²) >= 11 is 13.1. The standard InChI is InChI=1S/C22H23Cl2F2N3O5S/c1-11(31)20(10-30)34-22(35-13-3-4-14(23)15(24)7-13)19(32)9-29-8-18(27-28-29)12-5-16(25)21(33-2)17(26)6-12/h3-8,11,19-20,22,30-32H,9-10H2,1-2H3/t11-,19+,20?,22?/m1/s1. The zero-order chi connectivity index (χ0) is 25.7. The largest absolute Gasteiger partial charge is 0.491 e. The number of nitrogens with zero attached hydrogens (tertiary/aromatic N) is 3. The Morgan fingerprint density at radius 2 is 1.80 bits per heavy atom. The second-order valence-corrected chi connectivity index (χ2v) is 9.51. The van der Waals surface area contributed by atoms with Gasteiger partial charge in [-0.15, -0.1) is 5.10 Å². The van der Waals surface area contributed by atoms with E-state index in [0.717, 1.165) is 31.0 Å². The zero-order valence-electron chi connectivity index (χ0n) is 18.6. The second-order valence-electron chi connectivity index (χ2n) is 7.53. The van der Waals surface area contributed by atoms with Crippen molar-refractivity contribution >= 4 is 35.0 Å². The molecule has 13 heteroatoms. The molecule has 0 saturated heterocycles. The van der Waals surface area contributed by atoms with Crippen LogP contribution in [0.4, 0.5) is 8.78 Å². The van der Waals surface area contributed by atoms with Crippen molar-refractivity contribution in [2.24, 2.45) is 0 Å². The number of rotatable bonds is 11. The summed E-state index contributed by atoms with van der Waals surface area (Å²) < 4.78 is 39.9. The van der Waals surface area contributed by atoms with Crippen molar-refractivity contribution in [2.75, 3.05) is 13.7 Å². The van der Waals surface area contributed by atoms with E-state index in [1.165, 1.54) is 17.8 Å². The normalized spacial score (nSPS) is 15.0. The molecule has 4 atom stereocenters. The topological polar surface area (TPSA) is 110 Å². The predicted molar refractivity (Wildman–Crippen MR) is 128 cm³/mol. The van der Waals surface area contributed by atoms with Gasteiger partial charge in [-0.25, -0.2) is 13.5 Å². The summed E-state index contributed by atoms with van der Waals surface area (Å²) in [6.45, 7) is 0.848. The van der Waals surface area contributed by atoms with Gasteiger partial charge in [-0.1, -0.05) is 40.2 Å². The average molecular weight is 550 g/mol. The van der Waals surface area contributed by atoms with E-state index in [-0.39, 0.29) is 17.8 Å². The Morgan fingerprint density at radius 3 is 2.37 bits per heavy atom.